The van der Waals surface area contributed by atoms with Crippen LogP contribution in [0.2, 0.25) is 0 Å². The van der Waals surface area contributed by atoms with Gasteiger partial charge in [0.1, 0.15) is 5.82 Å². The summed E-state index contributed by atoms with van der Waals surface area (Å²) in [6.45, 7) is 6.49. The predicted octanol–water partition coefficient (Wildman–Crippen LogP) is 6.59. The molecule has 0 radical (unpaired) electrons. The first-order valence-corrected chi connectivity index (χ1v) is 8.01. The summed E-state index contributed by atoms with van der Waals surface area (Å²) in [7, 11) is 0. The smallest absolute Gasteiger partial charge is 0.123 e. The molecule has 0 N–H and O–H groups in total. The van der Waals surface area contributed by atoms with E-state index in [4.69, 9.17) is 0 Å². The average Bonchev–Trinajstić information content (AvgIpc) is 2.55. The highest BCUT2D eigenvalue weighted by Gasteiger charge is 2.08. The number of hydrogen-bond donors (Lipinski definition) is 0. The summed E-state index contributed by atoms with van der Waals surface area (Å²) in [5, 5.41) is 0. The molecule has 0 nitrogen and oxygen atoms in total. The molecule has 0 spiro atoms. The van der Waals surface area contributed by atoms with Crippen LogP contribution < -0.4 is 0 Å². The molecule has 23 heavy (non-hydrogen) atoms. The van der Waals surface area contributed by atoms with Crippen molar-refractivity contribution in [3.63, 3.8) is 0 Å². The van der Waals surface area contributed by atoms with Gasteiger partial charge in [-0.05, 0) is 58.9 Å². The summed E-state index contributed by atoms with van der Waals surface area (Å²) < 4.78 is 13.2. The first-order chi connectivity index (χ1) is 11.0. The normalized spacial score (nSPS) is 11.0. The van der Waals surface area contributed by atoms with Gasteiger partial charge in [0.2, 0.25) is 0 Å². The molecule has 0 aliphatic heterocycles. The lowest BCUT2D eigenvalue weighted by molar-refractivity contribution is 0.628. The minimum atomic E-state index is -0.201. The summed E-state index contributed by atoms with van der Waals surface area (Å²) in [6.07, 6.45) is 0. The van der Waals surface area contributed by atoms with Crippen molar-refractivity contribution in [3.8, 4) is 22.3 Å². The van der Waals surface area contributed by atoms with Gasteiger partial charge in [-0.3, -0.25) is 0 Å². The van der Waals surface area contributed by atoms with Crippen LogP contribution in [0.3, 0.4) is 0 Å². The second-order valence-corrected chi connectivity index (χ2v) is 6.37. The van der Waals surface area contributed by atoms with E-state index in [0.717, 1.165) is 11.1 Å². The van der Waals surface area contributed by atoms with Crippen molar-refractivity contribution in [2.75, 3.05) is 0 Å². The molecule has 3 aromatic carbocycles. The third-order valence-corrected chi connectivity index (χ3v) is 4.18. The van der Waals surface area contributed by atoms with Gasteiger partial charge in [-0.15, -0.1) is 0 Å². The van der Waals surface area contributed by atoms with E-state index >= 15 is 0 Å². The number of halogens is 1. The van der Waals surface area contributed by atoms with Gasteiger partial charge in [-0.25, -0.2) is 4.39 Å². The Labute approximate surface area is 137 Å². The molecule has 0 atom stereocenters. The monoisotopic (exact) mass is 304 g/mol. The van der Waals surface area contributed by atoms with Crippen molar-refractivity contribution in [3.05, 3.63) is 83.7 Å². The van der Waals surface area contributed by atoms with Gasteiger partial charge < -0.3 is 0 Å². The number of benzene rings is 3. The lowest BCUT2D eigenvalue weighted by Gasteiger charge is -2.13. The van der Waals surface area contributed by atoms with Gasteiger partial charge in [0, 0.05) is 0 Å². The maximum Gasteiger partial charge on any atom is 0.123 e. The Balaban J connectivity index is 2.13. The highest BCUT2D eigenvalue weighted by molar-refractivity contribution is 5.74. The largest absolute Gasteiger partial charge is 0.207 e. The molecule has 3 rings (SSSR count). The Kier molecular flexibility index (Phi) is 4.29. The minimum Gasteiger partial charge on any atom is -0.207 e. The van der Waals surface area contributed by atoms with Gasteiger partial charge in [0.25, 0.3) is 0 Å². The quantitative estimate of drug-likeness (QED) is 0.512. The average molecular weight is 304 g/mol. The lowest BCUT2D eigenvalue weighted by atomic mass is 9.92. The molecule has 0 heterocycles. The summed E-state index contributed by atoms with van der Waals surface area (Å²) in [6, 6.07) is 21.9. The van der Waals surface area contributed by atoms with Crippen LogP contribution in [0.15, 0.2) is 66.7 Å². The summed E-state index contributed by atoms with van der Waals surface area (Å²) in [5.74, 6) is 0.243. The molecule has 116 valence electrons. The van der Waals surface area contributed by atoms with Crippen LogP contribution in [0, 0.1) is 12.7 Å². The Morgan fingerprint density at radius 2 is 1.13 bits per heavy atom. The molecule has 0 saturated heterocycles. The molecule has 0 fully saturated rings. The summed E-state index contributed by atoms with van der Waals surface area (Å²) in [5.41, 5.74) is 7.14. The molecule has 0 bridgehead atoms. The van der Waals surface area contributed by atoms with Crippen molar-refractivity contribution >= 4 is 0 Å². The van der Waals surface area contributed by atoms with E-state index in [1.807, 2.05) is 12.1 Å². The van der Waals surface area contributed by atoms with E-state index in [2.05, 4.69) is 63.2 Å². The topological polar surface area (TPSA) is 0 Å². The molecular weight excluding hydrogens is 283 g/mol. The van der Waals surface area contributed by atoms with Gasteiger partial charge in [-0.2, -0.15) is 0 Å². The van der Waals surface area contributed by atoms with Crippen LogP contribution in [0.25, 0.3) is 22.3 Å². The van der Waals surface area contributed by atoms with Crippen molar-refractivity contribution in [1.29, 1.82) is 0 Å². The molecule has 3 aromatic rings. The Morgan fingerprint density at radius 3 is 1.61 bits per heavy atom. The number of aryl methyl sites for hydroxylation is 1. The molecule has 0 amide bonds. The Hall–Kier alpha value is -2.41. The Morgan fingerprint density at radius 1 is 0.652 bits per heavy atom. The van der Waals surface area contributed by atoms with E-state index in [9.17, 15) is 4.39 Å². The first-order valence-electron chi connectivity index (χ1n) is 8.01. The van der Waals surface area contributed by atoms with Gasteiger partial charge >= 0.3 is 0 Å². The molecule has 0 aliphatic carbocycles. The summed E-state index contributed by atoms with van der Waals surface area (Å²) >= 11 is 0. The predicted molar refractivity (Wildman–Crippen MR) is 96.1 cm³/mol. The lowest BCUT2D eigenvalue weighted by Crippen LogP contribution is -1.91. The standard InChI is InChI=1S/C22H21F/c1-15(2)19-12-20(17-6-4-16(3)5-7-17)14-21(13-19)18-8-10-22(23)11-9-18/h4-15H,1-3H3. The van der Waals surface area contributed by atoms with Crippen LogP contribution in [-0.2, 0) is 0 Å². The molecule has 1 heteroatoms. The fraction of sp³-hybridized carbons (Fsp3) is 0.182. The third kappa shape index (κ3) is 3.50. The van der Waals surface area contributed by atoms with Gasteiger partial charge in [0.15, 0.2) is 0 Å². The maximum absolute atomic E-state index is 13.2. The van der Waals surface area contributed by atoms with E-state index in [-0.39, 0.29) is 5.82 Å². The van der Waals surface area contributed by atoms with Crippen molar-refractivity contribution in [2.24, 2.45) is 0 Å². The van der Waals surface area contributed by atoms with E-state index in [1.54, 1.807) is 0 Å². The molecule has 0 aliphatic rings. The third-order valence-electron chi connectivity index (χ3n) is 4.18. The maximum atomic E-state index is 13.2. The van der Waals surface area contributed by atoms with Crippen LogP contribution in [0.5, 0.6) is 0 Å². The van der Waals surface area contributed by atoms with E-state index < -0.39 is 0 Å². The van der Waals surface area contributed by atoms with E-state index in [1.165, 1.54) is 34.4 Å². The van der Waals surface area contributed by atoms with Crippen LogP contribution >= 0.6 is 0 Å². The fourth-order valence-electron chi connectivity index (χ4n) is 2.71. The van der Waals surface area contributed by atoms with E-state index in [0.29, 0.717) is 5.92 Å². The fourth-order valence-corrected chi connectivity index (χ4v) is 2.71. The second-order valence-electron chi connectivity index (χ2n) is 6.37. The number of hydrogen-bond acceptors (Lipinski definition) is 0. The minimum absolute atomic E-state index is 0.201. The second kappa shape index (κ2) is 6.37. The highest BCUT2D eigenvalue weighted by atomic mass is 19.1. The molecule has 0 aromatic heterocycles. The zero-order valence-corrected chi connectivity index (χ0v) is 13.8. The zero-order valence-electron chi connectivity index (χ0n) is 13.8. The molecule has 0 unspecified atom stereocenters. The van der Waals surface area contributed by atoms with Crippen molar-refractivity contribution in [1.82, 2.24) is 0 Å². The number of rotatable bonds is 3. The van der Waals surface area contributed by atoms with Crippen LogP contribution in [-0.4, -0.2) is 0 Å². The zero-order chi connectivity index (χ0) is 16.4. The van der Waals surface area contributed by atoms with Crippen molar-refractivity contribution < 1.29 is 4.39 Å². The van der Waals surface area contributed by atoms with Gasteiger partial charge in [0.05, 0.1) is 0 Å². The first kappa shape index (κ1) is 15.5. The molecular formula is C22H21F. The van der Waals surface area contributed by atoms with Crippen LogP contribution in [0.1, 0.15) is 30.9 Å². The van der Waals surface area contributed by atoms with Crippen molar-refractivity contribution in [2.45, 2.75) is 26.7 Å². The molecule has 0 saturated carbocycles. The SMILES string of the molecule is Cc1ccc(-c2cc(-c3ccc(F)cc3)cc(C(C)C)c2)cc1. The van der Waals surface area contributed by atoms with Gasteiger partial charge in [-0.1, -0.05) is 67.9 Å². The Bertz CT molecular complexity index is 733. The van der Waals surface area contributed by atoms with Crippen LogP contribution in [0.4, 0.5) is 4.39 Å². The summed E-state index contributed by atoms with van der Waals surface area (Å²) in [4.78, 5) is 0. The highest BCUT2D eigenvalue weighted by Crippen LogP contribution is 2.31.